The average molecular weight is 348 g/mol. The highest BCUT2D eigenvalue weighted by Crippen LogP contribution is 2.35. The van der Waals surface area contributed by atoms with Gasteiger partial charge in [-0.2, -0.15) is 0 Å². The molecular formula is C17H17FN2O3S. The molecule has 126 valence electrons. The number of sulfone groups is 1. The molecule has 1 aliphatic rings. The number of nitrogens with one attached hydrogen (secondary N) is 1. The van der Waals surface area contributed by atoms with Crippen LogP contribution in [0.4, 0.5) is 10.1 Å². The van der Waals surface area contributed by atoms with Crippen molar-refractivity contribution in [1.82, 2.24) is 4.98 Å². The molecule has 5 nitrogen and oxygen atoms in total. The molecule has 1 fully saturated rings. The average Bonchev–Trinajstić information content (AvgIpc) is 2.47. The number of amides is 1. The summed E-state index contributed by atoms with van der Waals surface area (Å²) in [6.45, 7) is 0. The Hall–Kier alpha value is -2.28. The number of benzene rings is 1. The number of carbonyl (C=O) groups is 1. The number of aromatic nitrogens is 1. The molecule has 1 aromatic heterocycles. The van der Waals surface area contributed by atoms with Crippen LogP contribution in [0.1, 0.15) is 41.2 Å². The van der Waals surface area contributed by atoms with Crippen molar-refractivity contribution in [3.8, 4) is 0 Å². The highest BCUT2D eigenvalue weighted by Gasteiger charge is 2.21. The van der Waals surface area contributed by atoms with Gasteiger partial charge in [-0.1, -0.05) is 6.42 Å². The Kier molecular flexibility index (Phi) is 4.36. The summed E-state index contributed by atoms with van der Waals surface area (Å²) in [4.78, 5) is 16.4. The Labute approximate surface area is 139 Å². The molecule has 1 saturated carbocycles. The molecule has 0 bridgehead atoms. The molecule has 1 heterocycles. The maximum atomic E-state index is 13.3. The third-order valence-electron chi connectivity index (χ3n) is 4.16. The van der Waals surface area contributed by atoms with Crippen molar-refractivity contribution in [2.24, 2.45) is 0 Å². The third-order valence-corrected chi connectivity index (χ3v) is 5.30. The molecular weight excluding hydrogens is 331 g/mol. The summed E-state index contributed by atoms with van der Waals surface area (Å²) < 4.78 is 36.8. The van der Waals surface area contributed by atoms with E-state index in [0.717, 1.165) is 36.9 Å². The zero-order valence-corrected chi connectivity index (χ0v) is 13.9. The van der Waals surface area contributed by atoms with Gasteiger partial charge < -0.3 is 5.32 Å². The van der Waals surface area contributed by atoms with Crippen LogP contribution in [0, 0.1) is 5.82 Å². The number of nitrogens with zero attached hydrogens (tertiary/aromatic N) is 1. The first kappa shape index (κ1) is 16.6. The summed E-state index contributed by atoms with van der Waals surface area (Å²) in [6.07, 6.45) is 5.88. The zero-order chi connectivity index (χ0) is 17.3. The minimum atomic E-state index is -3.67. The van der Waals surface area contributed by atoms with Gasteiger partial charge >= 0.3 is 0 Å². The van der Waals surface area contributed by atoms with Crippen molar-refractivity contribution in [2.45, 2.75) is 30.1 Å². The fraction of sp³-hybridized carbons (Fsp3) is 0.294. The Morgan fingerprint density at radius 2 is 2.00 bits per heavy atom. The van der Waals surface area contributed by atoms with Crippen molar-refractivity contribution >= 4 is 21.4 Å². The Bertz CT molecular complexity index is 875. The van der Waals surface area contributed by atoms with Crippen molar-refractivity contribution in [1.29, 1.82) is 0 Å². The predicted molar refractivity (Wildman–Crippen MR) is 88.3 cm³/mol. The van der Waals surface area contributed by atoms with Crippen LogP contribution < -0.4 is 5.32 Å². The van der Waals surface area contributed by atoms with Gasteiger partial charge in [0.25, 0.3) is 5.91 Å². The normalized spacial score (nSPS) is 14.9. The summed E-state index contributed by atoms with van der Waals surface area (Å²) in [5, 5.41) is 2.51. The lowest BCUT2D eigenvalue weighted by molar-refractivity contribution is 0.102. The molecule has 0 spiro atoms. The molecule has 1 amide bonds. The summed E-state index contributed by atoms with van der Waals surface area (Å²) >= 11 is 0. The van der Waals surface area contributed by atoms with Gasteiger partial charge in [0.1, 0.15) is 5.82 Å². The smallest absolute Gasteiger partial charge is 0.257 e. The Morgan fingerprint density at radius 3 is 2.54 bits per heavy atom. The standard InChI is InChI=1S/C17H17FN2O3S/c1-24(22,23)16-9-13(18)6-8-15(16)20-17(21)12-5-7-14(19-10-12)11-3-2-4-11/h5-11H,2-4H2,1H3,(H,20,21). The molecule has 0 saturated heterocycles. The minimum Gasteiger partial charge on any atom is -0.321 e. The van der Waals surface area contributed by atoms with E-state index in [1.165, 1.54) is 18.7 Å². The number of anilines is 1. The largest absolute Gasteiger partial charge is 0.321 e. The zero-order valence-electron chi connectivity index (χ0n) is 13.1. The van der Waals surface area contributed by atoms with E-state index in [1.807, 2.05) is 6.07 Å². The molecule has 1 aliphatic carbocycles. The summed E-state index contributed by atoms with van der Waals surface area (Å²) in [5.74, 6) is -0.699. The molecule has 0 unspecified atom stereocenters. The number of hydrogen-bond donors (Lipinski definition) is 1. The van der Waals surface area contributed by atoms with Crippen LogP contribution in [-0.2, 0) is 9.84 Å². The van der Waals surface area contributed by atoms with Crippen LogP contribution in [0.3, 0.4) is 0 Å². The fourth-order valence-corrected chi connectivity index (χ4v) is 3.43. The molecule has 7 heteroatoms. The van der Waals surface area contributed by atoms with E-state index in [2.05, 4.69) is 10.3 Å². The quantitative estimate of drug-likeness (QED) is 0.921. The van der Waals surface area contributed by atoms with Crippen molar-refractivity contribution in [3.05, 3.63) is 53.6 Å². The number of pyridine rings is 1. The first-order chi connectivity index (χ1) is 11.3. The van der Waals surface area contributed by atoms with Crippen LogP contribution in [0.25, 0.3) is 0 Å². The molecule has 2 aromatic rings. The molecule has 1 aromatic carbocycles. The second-order valence-electron chi connectivity index (χ2n) is 5.97. The van der Waals surface area contributed by atoms with Crippen molar-refractivity contribution in [3.63, 3.8) is 0 Å². The third kappa shape index (κ3) is 3.46. The van der Waals surface area contributed by atoms with Crippen LogP contribution in [0.2, 0.25) is 0 Å². The highest BCUT2D eigenvalue weighted by atomic mass is 32.2. The lowest BCUT2D eigenvalue weighted by Gasteiger charge is -2.24. The lowest BCUT2D eigenvalue weighted by atomic mass is 9.82. The first-order valence-electron chi connectivity index (χ1n) is 7.61. The van der Waals surface area contributed by atoms with Crippen LogP contribution in [0.15, 0.2) is 41.4 Å². The van der Waals surface area contributed by atoms with E-state index in [4.69, 9.17) is 0 Å². The summed E-state index contributed by atoms with van der Waals surface area (Å²) in [6, 6.07) is 6.71. The number of halogens is 1. The number of carbonyl (C=O) groups excluding carboxylic acids is 1. The molecule has 0 aliphatic heterocycles. The monoisotopic (exact) mass is 348 g/mol. The van der Waals surface area contributed by atoms with E-state index < -0.39 is 21.6 Å². The van der Waals surface area contributed by atoms with Gasteiger partial charge in [-0.05, 0) is 43.2 Å². The topological polar surface area (TPSA) is 76.1 Å². The Morgan fingerprint density at radius 1 is 1.25 bits per heavy atom. The van der Waals surface area contributed by atoms with Crippen LogP contribution >= 0.6 is 0 Å². The number of rotatable bonds is 4. The second kappa shape index (κ2) is 6.32. The first-order valence-corrected chi connectivity index (χ1v) is 9.50. The van der Waals surface area contributed by atoms with Crippen molar-refractivity contribution < 1.29 is 17.6 Å². The van der Waals surface area contributed by atoms with E-state index in [-0.39, 0.29) is 10.6 Å². The van der Waals surface area contributed by atoms with Crippen LogP contribution in [0.5, 0.6) is 0 Å². The predicted octanol–water partition coefficient (Wildman–Crippen LogP) is 3.14. The maximum Gasteiger partial charge on any atom is 0.257 e. The SMILES string of the molecule is CS(=O)(=O)c1cc(F)ccc1NC(=O)c1ccc(C2CCC2)nc1. The summed E-state index contributed by atoms with van der Waals surface area (Å²) in [7, 11) is -3.67. The lowest BCUT2D eigenvalue weighted by Crippen LogP contribution is -2.16. The second-order valence-corrected chi connectivity index (χ2v) is 7.95. The Balaban J connectivity index is 1.82. The molecule has 3 rings (SSSR count). The maximum absolute atomic E-state index is 13.3. The van der Waals surface area contributed by atoms with Gasteiger partial charge in [0.15, 0.2) is 9.84 Å². The number of hydrogen-bond acceptors (Lipinski definition) is 4. The fourth-order valence-electron chi connectivity index (χ4n) is 2.59. The highest BCUT2D eigenvalue weighted by molar-refractivity contribution is 7.90. The molecule has 1 N–H and O–H groups in total. The summed E-state index contributed by atoms with van der Waals surface area (Å²) in [5.41, 5.74) is 1.34. The van der Waals surface area contributed by atoms with Gasteiger partial charge in [0.2, 0.25) is 0 Å². The van der Waals surface area contributed by atoms with Gasteiger partial charge in [-0.15, -0.1) is 0 Å². The van der Waals surface area contributed by atoms with E-state index in [9.17, 15) is 17.6 Å². The van der Waals surface area contributed by atoms with Gasteiger partial charge in [0.05, 0.1) is 16.1 Å². The molecule has 0 atom stereocenters. The van der Waals surface area contributed by atoms with Gasteiger partial charge in [-0.25, -0.2) is 12.8 Å². The van der Waals surface area contributed by atoms with Crippen molar-refractivity contribution in [2.75, 3.05) is 11.6 Å². The van der Waals surface area contributed by atoms with Crippen LogP contribution in [-0.4, -0.2) is 25.6 Å². The molecule has 0 radical (unpaired) electrons. The van der Waals surface area contributed by atoms with Gasteiger partial charge in [0, 0.05) is 24.1 Å². The van der Waals surface area contributed by atoms with Gasteiger partial charge in [-0.3, -0.25) is 9.78 Å². The van der Waals surface area contributed by atoms with E-state index >= 15 is 0 Å². The molecule has 24 heavy (non-hydrogen) atoms. The van der Waals surface area contributed by atoms with E-state index in [0.29, 0.717) is 11.5 Å². The van der Waals surface area contributed by atoms with E-state index in [1.54, 1.807) is 6.07 Å². The minimum absolute atomic E-state index is 0.0481.